The summed E-state index contributed by atoms with van der Waals surface area (Å²) < 4.78 is 1.36. The van der Waals surface area contributed by atoms with Crippen LogP contribution in [0.25, 0.3) is 0 Å². The van der Waals surface area contributed by atoms with E-state index in [0.29, 0.717) is 0 Å². The summed E-state index contributed by atoms with van der Waals surface area (Å²) in [6, 6.07) is 0. The topological polar surface area (TPSA) is 0 Å². The summed E-state index contributed by atoms with van der Waals surface area (Å²) in [4.78, 5) is 0. The van der Waals surface area contributed by atoms with Crippen molar-refractivity contribution in [3.8, 4) is 0 Å². The lowest BCUT2D eigenvalue weighted by molar-refractivity contribution is -0.897. The highest BCUT2D eigenvalue weighted by atomic mass is 35.5. The van der Waals surface area contributed by atoms with Gasteiger partial charge < -0.3 is 4.48 Å². The summed E-state index contributed by atoms with van der Waals surface area (Å²) in [5.41, 5.74) is 0. The van der Waals surface area contributed by atoms with Crippen LogP contribution in [0.1, 0.15) is 32.6 Å². The molecule has 0 amide bonds. The third-order valence-corrected chi connectivity index (χ3v) is 2.70. The number of nitrogens with zero attached hydrogens (tertiary/aromatic N) is 1. The summed E-state index contributed by atoms with van der Waals surface area (Å²) in [6.45, 7) is 6.55. The second-order valence-electron chi connectivity index (χ2n) is 3.85. The van der Waals surface area contributed by atoms with Gasteiger partial charge in [-0.3, -0.25) is 0 Å². The Bertz CT molecular complexity index is 101. The van der Waals surface area contributed by atoms with Crippen molar-refractivity contribution in [2.45, 2.75) is 32.6 Å². The molecule has 3 heteroatoms. The van der Waals surface area contributed by atoms with Crippen LogP contribution in [0.2, 0.25) is 0 Å². The van der Waals surface area contributed by atoms with Crippen molar-refractivity contribution in [1.29, 1.82) is 0 Å². The van der Waals surface area contributed by atoms with Crippen molar-refractivity contribution < 1.29 is 4.48 Å². The van der Waals surface area contributed by atoms with Crippen LogP contribution < -0.4 is 0 Å². The van der Waals surface area contributed by atoms with E-state index in [4.69, 9.17) is 0 Å². The van der Waals surface area contributed by atoms with E-state index in [2.05, 4.69) is 14.0 Å². The quantitative estimate of drug-likeness (QED) is 0.635. The number of likely N-dealkylation sites (tertiary alicyclic amines) is 1. The first-order valence-corrected chi connectivity index (χ1v) is 4.60. The number of hydrogen-bond donors (Lipinski definition) is 0. The fraction of sp³-hybridized carbons (Fsp3) is 1.00. The maximum absolute atomic E-state index is 2.41. The van der Waals surface area contributed by atoms with E-state index in [9.17, 15) is 0 Å². The molecule has 0 aromatic rings. The van der Waals surface area contributed by atoms with Gasteiger partial charge >= 0.3 is 0 Å². The van der Waals surface area contributed by atoms with Gasteiger partial charge in [0, 0.05) is 12.8 Å². The van der Waals surface area contributed by atoms with Crippen LogP contribution in [-0.2, 0) is 0 Å². The molecule has 1 fully saturated rings. The molecule has 0 saturated carbocycles. The van der Waals surface area contributed by atoms with E-state index >= 15 is 0 Å². The van der Waals surface area contributed by atoms with Crippen molar-refractivity contribution in [1.82, 2.24) is 0 Å². The summed E-state index contributed by atoms with van der Waals surface area (Å²) in [6.07, 6.45) is 5.69. The van der Waals surface area contributed by atoms with Crippen LogP contribution in [0.3, 0.4) is 0 Å². The molecule has 0 N–H and O–H groups in total. The standard InChI is InChI=1S/C9H20N.2ClH/c1-3-4-7-10(2)8-5-6-9-10;;/h3-9H2,1-2H3;2*1H/q+1;;. The molecule has 1 saturated heterocycles. The third-order valence-electron chi connectivity index (χ3n) is 2.70. The number of halogens is 2. The first-order valence-electron chi connectivity index (χ1n) is 4.60. The van der Waals surface area contributed by atoms with E-state index in [0.717, 1.165) is 0 Å². The molecule has 12 heavy (non-hydrogen) atoms. The smallest absolute Gasteiger partial charge is 0.0786 e. The Labute approximate surface area is 88.9 Å². The van der Waals surface area contributed by atoms with Crippen LogP contribution in [0.5, 0.6) is 0 Å². The Morgan fingerprint density at radius 1 is 1.08 bits per heavy atom. The van der Waals surface area contributed by atoms with Crippen LogP contribution >= 0.6 is 24.8 Å². The molecule has 1 heterocycles. The molecule has 0 radical (unpaired) electrons. The van der Waals surface area contributed by atoms with E-state index in [1.807, 2.05) is 0 Å². The predicted molar refractivity (Wildman–Crippen MR) is 59.4 cm³/mol. The van der Waals surface area contributed by atoms with Crippen molar-refractivity contribution in [3.05, 3.63) is 0 Å². The Balaban J connectivity index is 0. The van der Waals surface area contributed by atoms with Gasteiger partial charge in [0.1, 0.15) is 0 Å². The molecule has 0 atom stereocenters. The lowest BCUT2D eigenvalue weighted by Gasteiger charge is -2.28. The Kier molecular flexibility index (Phi) is 8.76. The highest BCUT2D eigenvalue weighted by molar-refractivity contribution is 5.85. The maximum Gasteiger partial charge on any atom is 0.0786 e. The van der Waals surface area contributed by atoms with Crippen LogP contribution in [0.15, 0.2) is 0 Å². The molecular formula is C9H22Cl2N+. The fourth-order valence-electron chi connectivity index (χ4n) is 1.86. The fourth-order valence-corrected chi connectivity index (χ4v) is 1.86. The summed E-state index contributed by atoms with van der Waals surface area (Å²) >= 11 is 0. The molecule has 1 aliphatic heterocycles. The molecule has 1 rings (SSSR count). The number of hydrogen-bond acceptors (Lipinski definition) is 0. The normalized spacial score (nSPS) is 19.5. The molecule has 0 aromatic carbocycles. The van der Waals surface area contributed by atoms with E-state index in [1.54, 1.807) is 0 Å². The lowest BCUT2D eigenvalue weighted by atomic mass is 10.3. The van der Waals surface area contributed by atoms with E-state index in [-0.39, 0.29) is 24.8 Å². The minimum atomic E-state index is 0. The highest BCUT2D eigenvalue weighted by Crippen LogP contribution is 2.16. The number of unbranched alkanes of at least 4 members (excludes halogenated alkanes) is 1. The molecule has 0 unspecified atom stereocenters. The second-order valence-corrected chi connectivity index (χ2v) is 3.85. The summed E-state index contributed by atoms with van der Waals surface area (Å²) in [7, 11) is 2.41. The SMILES string of the molecule is CCCC[N+]1(C)CCCC1.Cl.Cl. The zero-order chi connectivity index (χ0) is 7.45. The second kappa shape index (κ2) is 6.99. The van der Waals surface area contributed by atoms with E-state index < -0.39 is 0 Å². The van der Waals surface area contributed by atoms with Gasteiger partial charge in [-0.25, -0.2) is 0 Å². The first-order chi connectivity index (χ1) is 4.77. The van der Waals surface area contributed by atoms with Gasteiger partial charge in [0.25, 0.3) is 0 Å². The molecule has 76 valence electrons. The minimum absolute atomic E-state index is 0. The van der Waals surface area contributed by atoms with Gasteiger partial charge in [0.2, 0.25) is 0 Å². The minimum Gasteiger partial charge on any atom is -0.326 e. The van der Waals surface area contributed by atoms with Gasteiger partial charge in [-0.15, -0.1) is 24.8 Å². The monoisotopic (exact) mass is 214 g/mol. The number of rotatable bonds is 3. The van der Waals surface area contributed by atoms with Gasteiger partial charge in [-0.05, 0) is 6.42 Å². The average Bonchev–Trinajstić information content (AvgIpc) is 2.33. The molecule has 0 spiro atoms. The Morgan fingerprint density at radius 3 is 2.00 bits per heavy atom. The van der Waals surface area contributed by atoms with E-state index in [1.165, 1.54) is 49.8 Å². The highest BCUT2D eigenvalue weighted by Gasteiger charge is 2.25. The van der Waals surface area contributed by atoms with Gasteiger partial charge in [0.15, 0.2) is 0 Å². The maximum atomic E-state index is 2.41. The Hall–Kier alpha value is 0.540. The van der Waals surface area contributed by atoms with Crippen molar-refractivity contribution >= 4 is 24.8 Å². The third kappa shape index (κ3) is 4.54. The van der Waals surface area contributed by atoms with Crippen LogP contribution in [0, 0.1) is 0 Å². The summed E-state index contributed by atoms with van der Waals surface area (Å²) in [5, 5.41) is 0. The first kappa shape index (κ1) is 15.0. The van der Waals surface area contributed by atoms with Gasteiger partial charge in [0.05, 0.1) is 26.7 Å². The van der Waals surface area contributed by atoms with Crippen molar-refractivity contribution in [3.63, 3.8) is 0 Å². The van der Waals surface area contributed by atoms with Crippen LogP contribution in [0.4, 0.5) is 0 Å². The zero-order valence-corrected chi connectivity index (χ0v) is 9.85. The predicted octanol–water partition coefficient (Wildman–Crippen LogP) is 2.87. The molecule has 1 aliphatic rings. The van der Waals surface area contributed by atoms with Crippen LogP contribution in [-0.4, -0.2) is 31.2 Å². The summed E-state index contributed by atoms with van der Waals surface area (Å²) in [5.74, 6) is 0. The van der Waals surface area contributed by atoms with Gasteiger partial charge in [-0.2, -0.15) is 0 Å². The van der Waals surface area contributed by atoms with Gasteiger partial charge in [-0.1, -0.05) is 13.3 Å². The molecular weight excluding hydrogens is 193 g/mol. The number of quaternary nitrogens is 1. The lowest BCUT2D eigenvalue weighted by Crippen LogP contribution is -2.41. The largest absolute Gasteiger partial charge is 0.326 e. The molecule has 0 bridgehead atoms. The van der Waals surface area contributed by atoms with Crippen molar-refractivity contribution in [2.75, 3.05) is 26.7 Å². The average molecular weight is 215 g/mol. The molecule has 0 aromatic heterocycles. The zero-order valence-electron chi connectivity index (χ0n) is 8.21. The molecule has 0 aliphatic carbocycles. The Morgan fingerprint density at radius 2 is 1.58 bits per heavy atom. The molecule has 1 nitrogen and oxygen atoms in total. The van der Waals surface area contributed by atoms with Crippen molar-refractivity contribution in [2.24, 2.45) is 0 Å².